The molecule has 24 heavy (non-hydrogen) atoms. The van der Waals surface area contributed by atoms with E-state index in [2.05, 4.69) is 4.98 Å². The van der Waals surface area contributed by atoms with Crippen LogP contribution in [0.25, 0.3) is 22.4 Å². The molecule has 0 saturated heterocycles. The van der Waals surface area contributed by atoms with E-state index in [1.54, 1.807) is 18.3 Å². The van der Waals surface area contributed by atoms with Crippen LogP contribution in [0.5, 0.6) is 0 Å². The first-order chi connectivity index (χ1) is 11.5. The molecule has 3 rings (SSSR count). The first-order valence-electron chi connectivity index (χ1n) is 7.21. The van der Waals surface area contributed by atoms with Crippen LogP contribution in [0.3, 0.4) is 0 Å². The van der Waals surface area contributed by atoms with E-state index in [0.717, 1.165) is 11.6 Å². The highest BCUT2D eigenvalue weighted by atomic mass is 19.2. The van der Waals surface area contributed by atoms with Crippen molar-refractivity contribution in [2.24, 2.45) is 0 Å². The summed E-state index contributed by atoms with van der Waals surface area (Å²) >= 11 is 0. The van der Waals surface area contributed by atoms with Gasteiger partial charge in [-0.1, -0.05) is 18.2 Å². The van der Waals surface area contributed by atoms with Gasteiger partial charge >= 0.3 is 5.97 Å². The van der Waals surface area contributed by atoms with Gasteiger partial charge in [0.25, 0.3) is 0 Å². The second-order valence-electron chi connectivity index (χ2n) is 5.43. The van der Waals surface area contributed by atoms with Crippen LogP contribution >= 0.6 is 0 Å². The van der Waals surface area contributed by atoms with Crippen molar-refractivity contribution in [3.8, 4) is 22.4 Å². The summed E-state index contributed by atoms with van der Waals surface area (Å²) in [7, 11) is 0. The van der Waals surface area contributed by atoms with E-state index in [0.29, 0.717) is 11.3 Å². The van der Waals surface area contributed by atoms with Crippen LogP contribution in [-0.4, -0.2) is 16.1 Å². The molecule has 1 aromatic heterocycles. The highest BCUT2D eigenvalue weighted by molar-refractivity contribution is 5.91. The number of aromatic nitrogens is 1. The lowest BCUT2D eigenvalue weighted by atomic mass is 9.97. The van der Waals surface area contributed by atoms with Crippen molar-refractivity contribution in [2.45, 2.75) is 6.92 Å². The molecular weight excluding hydrogens is 312 g/mol. The number of carboxylic acids is 1. The third kappa shape index (κ3) is 3.01. The number of aryl methyl sites for hydroxylation is 1. The van der Waals surface area contributed by atoms with E-state index in [1.807, 2.05) is 13.0 Å². The van der Waals surface area contributed by atoms with Gasteiger partial charge in [0, 0.05) is 17.3 Å². The van der Waals surface area contributed by atoms with Crippen molar-refractivity contribution in [2.75, 3.05) is 0 Å². The lowest BCUT2D eigenvalue weighted by molar-refractivity contribution is 0.0697. The number of rotatable bonds is 3. The van der Waals surface area contributed by atoms with Crippen LogP contribution < -0.4 is 0 Å². The molecule has 0 bridgehead atoms. The number of halogens is 2. The lowest BCUT2D eigenvalue weighted by Gasteiger charge is -2.09. The minimum absolute atomic E-state index is 0.00598. The Morgan fingerprint density at radius 2 is 1.79 bits per heavy atom. The van der Waals surface area contributed by atoms with Crippen molar-refractivity contribution in [1.29, 1.82) is 0 Å². The summed E-state index contributed by atoms with van der Waals surface area (Å²) in [6.07, 6.45) is 1.66. The molecule has 0 spiro atoms. The van der Waals surface area contributed by atoms with Gasteiger partial charge in [-0.2, -0.15) is 0 Å². The van der Waals surface area contributed by atoms with Crippen molar-refractivity contribution in [3.63, 3.8) is 0 Å². The second kappa shape index (κ2) is 6.20. The molecule has 1 N–H and O–H groups in total. The van der Waals surface area contributed by atoms with Gasteiger partial charge in [0.1, 0.15) is 0 Å². The zero-order chi connectivity index (χ0) is 17.3. The van der Waals surface area contributed by atoms with Crippen LogP contribution in [0.2, 0.25) is 0 Å². The Morgan fingerprint density at radius 3 is 2.46 bits per heavy atom. The fraction of sp³-hybridized carbons (Fsp3) is 0.0526. The zero-order valence-corrected chi connectivity index (χ0v) is 12.8. The van der Waals surface area contributed by atoms with E-state index < -0.39 is 17.6 Å². The number of carbonyl (C=O) groups is 1. The summed E-state index contributed by atoms with van der Waals surface area (Å²) in [6.45, 7) is 1.89. The first-order valence-corrected chi connectivity index (χ1v) is 7.21. The molecule has 0 atom stereocenters. The van der Waals surface area contributed by atoms with Gasteiger partial charge in [-0.3, -0.25) is 4.98 Å². The number of nitrogens with zero attached hydrogens (tertiary/aromatic N) is 1. The van der Waals surface area contributed by atoms with Gasteiger partial charge in [-0.25, -0.2) is 13.6 Å². The van der Waals surface area contributed by atoms with Crippen LogP contribution in [0.15, 0.2) is 54.7 Å². The standard InChI is InChI=1S/C19H13F2NO2/c1-11-5-6-17(22-10-11)13-7-12(8-14(9-13)19(23)24)15-3-2-4-16(20)18(15)21/h2-10H,1H3,(H,23,24). The first kappa shape index (κ1) is 15.8. The predicted octanol–water partition coefficient (Wildman–Crippen LogP) is 4.70. The Hall–Kier alpha value is -3.08. The number of hydrogen-bond acceptors (Lipinski definition) is 2. The van der Waals surface area contributed by atoms with Gasteiger partial charge in [0.2, 0.25) is 0 Å². The maximum absolute atomic E-state index is 14.1. The summed E-state index contributed by atoms with van der Waals surface area (Å²) < 4.78 is 27.6. The highest BCUT2D eigenvalue weighted by Crippen LogP contribution is 2.30. The summed E-state index contributed by atoms with van der Waals surface area (Å²) in [5.74, 6) is -3.15. The summed E-state index contributed by atoms with van der Waals surface area (Å²) in [6, 6.07) is 11.8. The van der Waals surface area contributed by atoms with Crippen LogP contribution in [0, 0.1) is 18.6 Å². The monoisotopic (exact) mass is 325 g/mol. The van der Waals surface area contributed by atoms with Crippen molar-refractivity contribution < 1.29 is 18.7 Å². The molecule has 0 fully saturated rings. The Kier molecular flexibility index (Phi) is 4.08. The minimum atomic E-state index is -1.15. The molecule has 3 aromatic rings. The molecule has 2 aromatic carbocycles. The topological polar surface area (TPSA) is 50.2 Å². The van der Waals surface area contributed by atoms with Gasteiger partial charge in [-0.15, -0.1) is 0 Å². The molecule has 0 radical (unpaired) electrons. The highest BCUT2D eigenvalue weighted by Gasteiger charge is 2.14. The van der Waals surface area contributed by atoms with Gasteiger partial charge < -0.3 is 5.11 Å². The van der Waals surface area contributed by atoms with E-state index >= 15 is 0 Å². The SMILES string of the molecule is Cc1ccc(-c2cc(C(=O)O)cc(-c3cccc(F)c3F)c2)nc1. The number of hydrogen-bond donors (Lipinski definition) is 1. The van der Waals surface area contributed by atoms with Crippen molar-refractivity contribution in [1.82, 2.24) is 4.98 Å². The van der Waals surface area contributed by atoms with E-state index in [4.69, 9.17) is 0 Å². The van der Waals surface area contributed by atoms with Crippen LogP contribution in [0.1, 0.15) is 15.9 Å². The molecule has 0 aliphatic carbocycles. The Morgan fingerprint density at radius 1 is 1.04 bits per heavy atom. The van der Waals surface area contributed by atoms with Gasteiger partial charge in [0.05, 0.1) is 11.3 Å². The van der Waals surface area contributed by atoms with Crippen LogP contribution in [-0.2, 0) is 0 Å². The minimum Gasteiger partial charge on any atom is -0.478 e. The maximum atomic E-state index is 14.1. The quantitative estimate of drug-likeness (QED) is 0.759. The van der Waals surface area contributed by atoms with Gasteiger partial charge in [0.15, 0.2) is 11.6 Å². The maximum Gasteiger partial charge on any atom is 0.335 e. The molecule has 120 valence electrons. The smallest absolute Gasteiger partial charge is 0.335 e. The second-order valence-corrected chi connectivity index (χ2v) is 5.43. The van der Waals surface area contributed by atoms with E-state index in [-0.39, 0.29) is 16.7 Å². The Bertz CT molecular complexity index is 921. The molecule has 3 nitrogen and oxygen atoms in total. The normalized spacial score (nSPS) is 10.6. The molecule has 1 heterocycles. The fourth-order valence-corrected chi connectivity index (χ4v) is 2.42. The summed E-state index contributed by atoms with van der Waals surface area (Å²) in [4.78, 5) is 15.6. The molecule has 5 heteroatoms. The summed E-state index contributed by atoms with van der Waals surface area (Å²) in [5.41, 5.74) is 2.31. The molecule has 0 aliphatic heterocycles. The van der Waals surface area contributed by atoms with Crippen molar-refractivity contribution in [3.05, 3.63) is 77.5 Å². The third-order valence-corrected chi connectivity index (χ3v) is 3.65. The zero-order valence-electron chi connectivity index (χ0n) is 12.8. The van der Waals surface area contributed by atoms with Crippen LogP contribution in [0.4, 0.5) is 8.78 Å². The molecule has 0 amide bonds. The molecule has 0 aliphatic rings. The fourth-order valence-electron chi connectivity index (χ4n) is 2.42. The number of benzene rings is 2. The van der Waals surface area contributed by atoms with Crippen molar-refractivity contribution >= 4 is 5.97 Å². The summed E-state index contributed by atoms with van der Waals surface area (Å²) in [5, 5.41) is 9.31. The van der Waals surface area contributed by atoms with E-state index in [9.17, 15) is 18.7 Å². The number of pyridine rings is 1. The largest absolute Gasteiger partial charge is 0.478 e. The van der Waals surface area contributed by atoms with E-state index in [1.165, 1.54) is 24.3 Å². The molecule has 0 saturated carbocycles. The Balaban J connectivity index is 2.21. The average Bonchev–Trinajstić information content (AvgIpc) is 2.57. The average molecular weight is 325 g/mol. The molecular formula is C19H13F2NO2. The predicted molar refractivity (Wildman–Crippen MR) is 86.7 cm³/mol. The molecule has 0 unspecified atom stereocenters. The third-order valence-electron chi connectivity index (χ3n) is 3.65. The lowest BCUT2D eigenvalue weighted by Crippen LogP contribution is -1.99. The van der Waals surface area contributed by atoms with Gasteiger partial charge in [-0.05, 0) is 48.4 Å². The Labute approximate surface area is 137 Å². The number of carboxylic acid groups (broad SMARTS) is 1. The number of aromatic carboxylic acids is 1.